The second-order valence-corrected chi connectivity index (χ2v) is 9.43. The summed E-state index contributed by atoms with van der Waals surface area (Å²) in [4.78, 5) is 2.29. The zero-order chi connectivity index (χ0) is 21.1. The topological polar surface area (TPSA) is 74.6 Å². The van der Waals surface area contributed by atoms with Crippen LogP contribution in [0.4, 0.5) is 0 Å². The van der Waals surface area contributed by atoms with E-state index in [0.717, 1.165) is 29.6 Å². The Labute approximate surface area is 177 Å². The van der Waals surface area contributed by atoms with Gasteiger partial charge in [-0.05, 0) is 38.4 Å². The molecule has 0 aliphatic rings. The van der Waals surface area contributed by atoms with Gasteiger partial charge in [0.25, 0.3) is 0 Å². The summed E-state index contributed by atoms with van der Waals surface area (Å²) in [7, 11) is 0.436. The molecule has 0 unspecified atom stereocenters. The Kier molecular flexibility index (Phi) is 9.19. The maximum atomic E-state index is 12.5. The highest BCUT2D eigenvalue weighted by atomic mass is 32.2. The molecule has 0 saturated heterocycles. The molecule has 2 N–H and O–H groups in total. The highest BCUT2D eigenvalue weighted by Gasteiger charge is 2.12. The van der Waals surface area contributed by atoms with Gasteiger partial charge < -0.3 is 20.0 Å². The molecule has 0 aliphatic heterocycles. The number of rotatable bonds is 12. The molecule has 29 heavy (non-hydrogen) atoms. The van der Waals surface area contributed by atoms with E-state index >= 15 is 0 Å². The van der Waals surface area contributed by atoms with Gasteiger partial charge in [0.05, 0.1) is 29.1 Å². The Morgan fingerprint density at radius 1 is 1.17 bits per heavy atom. The first-order valence-corrected chi connectivity index (χ1v) is 11.8. The third kappa shape index (κ3) is 8.28. The van der Waals surface area contributed by atoms with Crippen molar-refractivity contribution in [1.29, 1.82) is 0 Å². The van der Waals surface area contributed by atoms with Crippen molar-refractivity contribution in [1.82, 2.24) is 15.5 Å². The first-order valence-electron chi connectivity index (χ1n) is 9.14. The maximum Gasteiger partial charge on any atom is 0.203 e. The van der Waals surface area contributed by atoms with Crippen LogP contribution in [0, 0.1) is 12.3 Å². The second-order valence-electron chi connectivity index (χ2n) is 6.53. The molecule has 156 valence electrons. The number of terminal acetylenes is 1. The number of nitrogens with zero attached hydrogens (tertiary/aromatic N) is 1. The molecular weight excluding hydrogens is 406 g/mol. The van der Waals surface area contributed by atoms with Crippen molar-refractivity contribution in [3.63, 3.8) is 0 Å². The van der Waals surface area contributed by atoms with E-state index in [-0.39, 0.29) is 11.4 Å². The second kappa shape index (κ2) is 11.6. The molecule has 2 rings (SSSR count). The number of hydrogen-bond acceptors (Lipinski definition) is 7. The van der Waals surface area contributed by atoms with Gasteiger partial charge in [0.15, 0.2) is 0 Å². The van der Waals surface area contributed by atoms with Gasteiger partial charge in [-0.1, -0.05) is 24.1 Å². The molecule has 2 aromatic rings. The van der Waals surface area contributed by atoms with Crippen molar-refractivity contribution >= 4 is 21.6 Å². The van der Waals surface area contributed by atoms with Crippen LogP contribution < -0.4 is 10.6 Å². The largest absolute Gasteiger partial charge is 0.464 e. The lowest BCUT2D eigenvalue weighted by Gasteiger charge is -2.12. The van der Waals surface area contributed by atoms with Gasteiger partial charge in [0, 0.05) is 12.3 Å². The number of benzene rings is 1. The lowest BCUT2D eigenvalue weighted by Crippen LogP contribution is -2.29. The van der Waals surface area contributed by atoms with Gasteiger partial charge in [-0.25, -0.2) is 8.42 Å². The van der Waals surface area contributed by atoms with Crippen molar-refractivity contribution in [2.24, 2.45) is 0 Å². The summed E-state index contributed by atoms with van der Waals surface area (Å²) < 4.78 is 30.8. The van der Waals surface area contributed by atoms with Crippen molar-refractivity contribution in [2.45, 2.75) is 17.2 Å². The third-order valence-corrected chi connectivity index (χ3v) is 6.18. The van der Waals surface area contributed by atoms with Gasteiger partial charge in [-0.2, -0.15) is 11.8 Å². The Balaban J connectivity index is 1.86. The molecule has 0 amide bonds. The van der Waals surface area contributed by atoms with Crippen LogP contribution in [-0.4, -0.2) is 46.3 Å². The van der Waals surface area contributed by atoms with E-state index in [1.54, 1.807) is 42.1 Å². The van der Waals surface area contributed by atoms with E-state index in [1.807, 2.05) is 26.2 Å². The van der Waals surface area contributed by atoms with Gasteiger partial charge in [-0.3, -0.25) is 0 Å². The fourth-order valence-corrected chi connectivity index (χ4v) is 4.35. The quantitative estimate of drug-likeness (QED) is 0.394. The van der Waals surface area contributed by atoms with E-state index in [1.165, 1.54) is 5.41 Å². The molecule has 1 aromatic heterocycles. The fourth-order valence-electron chi connectivity index (χ4n) is 2.45. The SMILES string of the molecule is C#CCN/C(=C/S(=O)(=O)c1ccccc1)NCCSCc1ccc(CN(C)C)o1. The van der Waals surface area contributed by atoms with Crippen molar-refractivity contribution in [3.05, 3.63) is 65.2 Å². The predicted molar refractivity (Wildman–Crippen MR) is 119 cm³/mol. The van der Waals surface area contributed by atoms with E-state index in [9.17, 15) is 8.42 Å². The van der Waals surface area contributed by atoms with Gasteiger partial charge in [0.1, 0.15) is 17.3 Å². The summed E-state index contributed by atoms with van der Waals surface area (Å²) in [5.74, 6) is 6.26. The van der Waals surface area contributed by atoms with E-state index in [0.29, 0.717) is 12.4 Å². The summed E-state index contributed by atoms with van der Waals surface area (Å²) in [5.41, 5.74) is 0. The number of nitrogens with one attached hydrogen (secondary N) is 2. The average molecular weight is 434 g/mol. The summed E-state index contributed by atoms with van der Waals surface area (Å²) in [5, 5.41) is 7.23. The van der Waals surface area contributed by atoms with Crippen LogP contribution in [0.25, 0.3) is 0 Å². The first-order chi connectivity index (χ1) is 13.9. The number of furan rings is 1. The van der Waals surface area contributed by atoms with Gasteiger partial charge in [-0.15, -0.1) is 6.42 Å². The van der Waals surface area contributed by atoms with Crippen LogP contribution >= 0.6 is 11.8 Å². The predicted octanol–water partition coefficient (Wildman–Crippen LogP) is 2.66. The highest BCUT2D eigenvalue weighted by molar-refractivity contribution is 7.98. The van der Waals surface area contributed by atoms with Crippen LogP contribution in [0.3, 0.4) is 0 Å². The molecular formula is C21H27N3O3S2. The van der Waals surface area contributed by atoms with Crippen molar-refractivity contribution < 1.29 is 12.8 Å². The summed E-state index contributed by atoms with van der Waals surface area (Å²) >= 11 is 1.70. The summed E-state index contributed by atoms with van der Waals surface area (Å²) in [6.07, 6.45) is 5.29. The zero-order valence-electron chi connectivity index (χ0n) is 16.7. The minimum absolute atomic E-state index is 0.233. The maximum absolute atomic E-state index is 12.5. The van der Waals surface area contributed by atoms with Crippen LogP contribution in [0.5, 0.6) is 0 Å². The Bertz CT molecular complexity index is 930. The molecule has 0 radical (unpaired) electrons. The molecule has 6 nitrogen and oxygen atoms in total. The van der Waals surface area contributed by atoms with Gasteiger partial charge in [0.2, 0.25) is 9.84 Å². The lowest BCUT2D eigenvalue weighted by atomic mass is 10.4. The monoisotopic (exact) mass is 433 g/mol. The van der Waals surface area contributed by atoms with Crippen molar-refractivity contribution in [2.75, 3.05) is 32.9 Å². The molecule has 0 fully saturated rings. The molecule has 0 saturated carbocycles. The normalized spacial score (nSPS) is 12.0. The molecule has 0 spiro atoms. The molecule has 0 aliphatic carbocycles. The number of hydrogen-bond donors (Lipinski definition) is 2. The van der Waals surface area contributed by atoms with E-state index < -0.39 is 9.84 Å². The smallest absolute Gasteiger partial charge is 0.203 e. The third-order valence-electron chi connectivity index (χ3n) is 3.72. The van der Waals surface area contributed by atoms with Crippen LogP contribution in [0.15, 0.2) is 63.0 Å². The standard InChI is InChI=1S/C21H27N3O3S2/c1-4-12-22-21(17-29(25,26)20-8-6-5-7-9-20)23-13-14-28-16-19-11-10-18(27-19)15-24(2)3/h1,5-11,17,22-23H,12-16H2,2-3H3/b21-17-. The number of sulfone groups is 1. The lowest BCUT2D eigenvalue weighted by molar-refractivity contribution is 0.344. The van der Waals surface area contributed by atoms with Gasteiger partial charge >= 0.3 is 0 Å². The fraction of sp³-hybridized carbons (Fsp3) is 0.333. The first kappa shape index (κ1) is 22.9. The highest BCUT2D eigenvalue weighted by Crippen LogP contribution is 2.16. The Hall–Kier alpha value is -2.34. The zero-order valence-corrected chi connectivity index (χ0v) is 18.4. The Morgan fingerprint density at radius 3 is 2.59 bits per heavy atom. The molecule has 0 atom stereocenters. The van der Waals surface area contributed by atoms with Crippen LogP contribution in [0.1, 0.15) is 11.5 Å². The molecule has 1 heterocycles. The average Bonchev–Trinajstić information content (AvgIpc) is 3.12. The molecule has 8 heteroatoms. The minimum atomic E-state index is -3.56. The molecule has 0 bridgehead atoms. The van der Waals surface area contributed by atoms with Crippen molar-refractivity contribution in [3.8, 4) is 12.3 Å². The summed E-state index contributed by atoms with van der Waals surface area (Å²) in [6.45, 7) is 1.60. The van der Waals surface area contributed by atoms with Crippen LogP contribution in [-0.2, 0) is 22.1 Å². The summed E-state index contributed by atoms with van der Waals surface area (Å²) in [6, 6.07) is 12.3. The van der Waals surface area contributed by atoms with E-state index in [4.69, 9.17) is 10.8 Å². The van der Waals surface area contributed by atoms with Crippen LogP contribution in [0.2, 0.25) is 0 Å². The molecule has 1 aromatic carbocycles. The Morgan fingerprint density at radius 2 is 1.90 bits per heavy atom. The number of thioether (sulfide) groups is 1. The minimum Gasteiger partial charge on any atom is -0.464 e. The van der Waals surface area contributed by atoms with E-state index in [2.05, 4.69) is 21.5 Å².